The summed E-state index contributed by atoms with van der Waals surface area (Å²) in [7, 11) is 0. The summed E-state index contributed by atoms with van der Waals surface area (Å²) in [5.41, 5.74) is 4.68. The van der Waals surface area contributed by atoms with Gasteiger partial charge in [0.25, 0.3) is 0 Å². The second-order valence-corrected chi connectivity index (χ2v) is 5.35. The highest BCUT2D eigenvalue weighted by atomic mass is 32.1. The lowest BCUT2D eigenvalue weighted by atomic mass is 10.2. The molecular formula is C12H16N4S. The first kappa shape index (κ1) is 12.0. The lowest BCUT2D eigenvalue weighted by molar-refractivity contribution is 1.00. The van der Waals surface area contributed by atoms with Gasteiger partial charge in [-0.05, 0) is 26.3 Å². The van der Waals surface area contributed by atoms with Crippen molar-refractivity contribution >= 4 is 17.2 Å². The van der Waals surface area contributed by atoms with Gasteiger partial charge in [-0.15, -0.1) is 11.3 Å². The van der Waals surface area contributed by atoms with Crippen LogP contribution in [0.1, 0.15) is 22.4 Å². The van der Waals surface area contributed by atoms with Crippen LogP contribution in [0, 0.1) is 13.8 Å². The van der Waals surface area contributed by atoms with Gasteiger partial charge in [0.05, 0.1) is 0 Å². The lowest BCUT2D eigenvalue weighted by Gasteiger charge is -2.06. The molecule has 0 bridgehead atoms. The van der Waals surface area contributed by atoms with Gasteiger partial charge in [-0.2, -0.15) is 0 Å². The van der Waals surface area contributed by atoms with E-state index in [0.717, 1.165) is 23.5 Å². The third-order valence-corrected chi connectivity index (χ3v) is 3.54. The van der Waals surface area contributed by atoms with E-state index in [2.05, 4.69) is 42.2 Å². The van der Waals surface area contributed by atoms with Crippen LogP contribution in [0.4, 0.5) is 5.82 Å². The van der Waals surface area contributed by atoms with Crippen LogP contribution in [-0.4, -0.2) is 9.97 Å². The van der Waals surface area contributed by atoms with Gasteiger partial charge in [0.15, 0.2) is 5.82 Å². The third kappa shape index (κ3) is 2.45. The zero-order valence-electron chi connectivity index (χ0n) is 10.2. The van der Waals surface area contributed by atoms with E-state index in [4.69, 9.17) is 5.84 Å². The summed E-state index contributed by atoms with van der Waals surface area (Å²) < 4.78 is 0. The molecule has 4 nitrogen and oxygen atoms in total. The van der Waals surface area contributed by atoms with Gasteiger partial charge in [-0.3, -0.25) is 0 Å². The molecule has 5 heteroatoms. The van der Waals surface area contributed by atoms with Crippen LogP contribution < -0.4 is 11.3 Å². The number of nitrogens with zero attached hydrogens (tertiary/aromatic N) is 2. The van der Waals surface area contributed by atoms with E-state index >= 15 is 0 Å². The molecule has 2 aromatic heterocycles. The van der Waals surface area contributed by atoms with Crippen molar-refractivity contribution in [1.29, 1.82) is 0 Å². The number of rotatable bonds is 3. The minimum Gasteiger partial charge on any atom is -0.308 e. The molecule has 2 aromatic rings. The molecular weight excluding hydrogens is 232 g/mol. The molecule has 0 aromatic carbocycles. The Labute approximate surface area is 105 Å². The first-order valence-electron chi connectivity index (χ1n) is 5.56. The van der Waals surface area contributed by atoms with Crippen molar-refractivity contribution in [1.82, 2.24) is 9.97 Å². The smallest absolute Gasteiger partial charge is 0.162 e. The number of hydrazine groups is 1. The van der Waals surface area contributed by atoms with Gasteiger partial charge in [0.1, 0.15) is 5.82 Å². The maximum absolute atomic E-state index is 5.43. The predicted molar refractivity (Wildman–Crippen MR) is 72.0 cm³/mol. The Bertz CT molecular complexity index is 511. The van der Waals surface area contributed by atoms with Crippen LogP contribution in [0.3, 0.4) is 0 Å². The van der Waals surface area contributed by atoms with E-state index in [0.29, 0.717) is 5.82 Å². The van der Waals surface area contributed by atoms with E-state index in [1.54, 1.807) is 11.3 Å². The van der Waals surface area contributed by atoms with Crippen LogP contribution in [0.25, 0.3) is 11.4 Å². The number of aryl methyl sites for hydroxylation is 3. The maximum Gasteiger partial charge on any atom is 0.162 e. The number of nitrogen functional groups attached to an aromatic ring is 1. The Morgan fingerprint density at radius 2 is 2.06 bits per heavy atom. The second kappa shape index (κ2) is 4.81. The molecule has 3 N–H and O–H groups in total. The molecule has 2 heterocycles. The quantitative estimate of drug-likeness (QED) is 0.647. The largest absolute Gasteiger partial charge is 0.308 e. The number of nitrogens with two attached hydrogens (primary N) is 1. The molecule has 0 atom stereocenters. The van der Waals surface area contributed by atoms with Gasteiger partial charge in [0, 0.05) is 27.1 Å². The summed E-state index contributed by atoms with van der Waals surface area (Å²) in [6, 6.07) is 3.99. The summed E-state index contributed by atoms with van der Waals surface area (Å²) in [4.78, 5) is 11.5. The van der Waals surface area contributed by atoms with E-state index in [9.17, 15) is 0 Å². The van der Waals surface area contributed by atoms with Crippen molar-refractivity contribution in [2.24, 2.45) is 5.84 Å². The van der Waals surface area contributed by atoms with Crippen molar-refractivity contribution in [2.75, 3.05) is 5.43 Å². The molecule has 90 valence electrons. The zero-order valence-corrected chi connectivity index (χ0v) is 11.1. The van der Waals surface area contributed by atoms with Crippen molar-refractivity contribution in [2.45, 2.75) is 27.2 Å². The fourth-order valence-corrected chi connectivity index (χ4v) is 2.65. The summed E-state index contributed by atoms with van der Waals surface area (Å²) in [6.07, 6.45) is 0.867. The Kier molecular flexibility index (Phi) is 3.40. The number of thiophene rings is 1. The minimum absolute atomic E-state index is 0.662. The van der Waals surface area contributed by atoms with Gasteiger partial charge in [0.2, 0.25) is 0 Å². The van der Waals surface area contributed by atoms with Crippen molar-refractivity contribution in [3.8, 4) is 11.4 Å². The summed E-state index contributed by atoms with van der Waals surface area (Å²) in [6.45, 7) is 6.25. The van der Waals surface area contributed by atoms with E-state index in [-0.39, 0.29) is 0 Å². The Balaban J connectivity index is 2.54. The predicted octanol–water partition coefficient (Wildman–Crippen LogP) is 2.67. The molecule has 0 saturated carbocycles. The van der Waals surface area contributed by atoms with E-state index < -0.39 is 0 Å². The van der Waals surface area contributed by atoms with E-state index in [1.165, 1.54) is 9.75 Å². The van der Waals surface area contributed by atoms with E-state index in [1.807, 2.05) is 6.07 Å². The van der Waals surface area contributed by atoms with Crippen LogP contribution in [0.5, 0.6) is 0 Å². The number of hydrogen-bond acceptors (Lipinski definition) is 5. The summed E-state index contributed by atoms with van der Waals surface area (Å²) >= 11 is 1.76. The first-order valence-corrected chi connectivity index (χ1v) is 6.37. The fraction of sp³-hybridized carbons (Fsp3) is 0.333. The van der Waals surface area contributed by atoms with Crippen molar-refractivity contribution in [3.63, 3.8) is 0 Å². The topological polar surface area (TPSA) is 63.8 Å². The molecule has 0 aliphatic carbocycles. The van der Waals surface area contributed by atoms with Crippen molar-refractivity contribution < 1.29 is 0 Å². The summed E-state index contributed by atoms with van der Waals surface area (Å²) in [5, 5.41) is 0. The SMILES string of the molecule is CCc1cc(NN)nc(-c2cc(C)sc2C)n1. The first-order chi connectivity index (χ1) is 8.13. The molecule has 0 aliphatic rings. The number of nitrogens with one attached hydrogen (secondary N) is 1. The molecule has 0 fully saturated rings. The fourth-order valence-electron chi connectivity index (χ4n) is 1.73. The van der Waals surface area contributed by atoms with Gasteiger partial charge >= 0.3 is 0 Å². The lowest BCUT2D eigenvalue weighted by Crippen LogP contribution is -2.10. The third-order valence-electron chi connectivity index (χ3n) is 2.57. The molecule has 0 amide bonds. The molecule has 0 radical (unpaired) electrons. The molecule has 2 rings (SSSR count). The van der Waals surface area contributed by atoms with Crippen molar-refractivity contribution in [3.05, 3.63) is 27.6 Å². The highest BCUT2D eigenvalue weighted by molar-refractivity contribution is 7.12. The monoisotopic (exact) mass is 248 g/mol. The van der Waals surface area contributed by atoms with Gasteiger partial charge < -0.3 is 5.43 Å². The molecule has 17 heavy (non-hydrogen) atoms. The molecule has 0 unspecified atom stereocenters. The molecule has 0 aliphatic heterocycles. The normalized spacial score (nSPS) is 10.6. The second-order valence-electron chi connectivity index (χ2n) is 3.89. The Morgan fingerprint density at radius 3 is 2.59 bits per heavy atom. The number of aromatic nitrogens is 2. The average molecular weight is 248 g/mol. The van der Waals surface area contributed by atoms with Crippen LogP contribution >= 0.6 is 11.3 Å². The Morgan fingerprint density at radius 1 is 1.29 bits per heavy atom. The van der Waals surface area contributed by atoms with Crippen LogP contribution in [-0.2, 0) is 6.42 Å². The van der Waals surface area contributed by atoms with Crippen LogP contribution in [0.2, 0.25) is 0 Å². The zero-order chi connectivity index (χ0) is 12.4. The average Bonchev–Trinajstić information content (AvgIpc) is 2.67. The number of anilines is 1. The highest BCUT2D eigenvalue weighted by Crippen LogP contribution is 2.29. The van der Waals surface area contributed by atoms with Gasteiger partial charge in [-0.25, -0.2) is 15.8 Å². The summed E-state index contributed by atoms with van der Waals surface area (Å²) in [5.74, 6) is 6.84. The molecule has 0 spiro atoms. The number of hydrogen-bond donors (Lipinski definition) is 2. The minimum atomic E-state index is 0.662. The van der Waals surface area contributed by atoms with Gasteiger partial charge in [-0.1, -0.05) is 6.92 Å². The highest BCUT2D eigenvalue weighted by Gasteiger charge is 2.10. The Hall–Kier alpha value is -1.46. The standard InChI is InChI=1S/C12H16N4S/c1-4-9-6-11(16-13)15-12(14-9)10-5-7(2)17-8(10)3/h5-6H,4,13H2,1-3H3,(H,14,15,16). The maximum atomic E-state index is 5.43. The molecule has 0 saturated heterocycles. The van der Waals surface area contributed by atoms with Crippen LogP contribution in [0.15, 0.2) is 12.1 Å².